The summed E-state index contributed by atoms with van der Waals surface area (Å²) in [6.45, 7) is 8.25. The molecule has 2 atom stereocenters. The average molecular weight is 210 g/mol. The molecule has 0 radical (unpaired) electrons. The van der Waals surface area contributed by atoms with E-state index >= 15 is 0 Å². The second kappa shape index (κ2) is 4.06. The van der Waals surface area contributed by atoms with E-state index in [4.69, 9.17) is 5.73 Å². The van der Waals surface area contributed by atoms with Crippen LogP contribution in [0.3, 0.4) is 0 Å². The Morgan fingerprint density at radius 1 is 1.27 bits per heavy atom. The van der Waals surface area contributed by atoms with Crippen LogP contribution in [0.25, 0.3) is 0 Å². The smallest absolute Gasteiger partial charge is 0.0255 e. The van der Waals surface area contributed by atoms with Crippen molar-refractivity contribution in [3.8, 4) is 0 Å². The van der Waals surface area contributed by atoms with E-state index in [1.165, 1.54) is 38.6 Å². The zero-order valence-corrected chi connectivity index (χ0v) is 10.5. The molecule has 2 unspecified atom stereocenters. The first-order valence-corrected chi connectivity index (χ1v) is 6.55. The van der Waals surface area contributed by atoms with Gasteiger partial charge in [0.2, 0.25) is 0 Å². The van der Waals surface area contributed by atoms with E-state index in [1.807, 2.05) is 0 Å². The van der Waals surface area contributed by atoms with Crippen molar-refractivity contribution in [2.24, 2.45) is 11.1 Å². The molecule has 2 fully saturated rings. The molecule has 0 aromatic rings. The SMILES string of the molecule is CCN(C1CC1)C1CC(C)(C)CCC1N. The largest absolute Gasteiger partial charge is 0.326 e. The van der Waals surface area contributed by atoms with Crippen molar-refractivity contribution in [3.05, 3.63) is 0 Å². The highest BCUT2D eigenvalue weighted by atomic mass is 15.2. The van der Waals surface area contributed by atoms with Gasteiger partial charge in [0.05, 0.1) is 0 Å². The van der Waals surface area contributed by atoms with Gasteiger partial charge in [-0.15, -0.1) is 0 Å². The van der Waals surface area contributed by atoms with Crippen LogP contribution in [0.1, 0.15) is 52.9 Å². The summed E-state index contributed by atoms with van der Waals surface area (Å²) in [5, 5.41) is 0. The van der Waals surface area contributed by atoms with Crippen LogP contribution in [0.15, 0.2) is 0 Å². The van der Waals surface area contributed by atoms with Crippen molar-refractivity contribution < 1.29 is 0 Å². The van der Waals surface area contributed by atoms with Crippen molar-refractivity contribution in [2.75, 3.05) is 6.54 Å². The fourth-order valence-corrected chi connectivity index (χ4v) is 3.10. The number of nitrogens with zero attached hydrogens (tertiary/aromatic N) is 1. The Bertz CT molecular complexity index is 221. The van der Waals surface area contributed by atoms with Gasteiger partial charge in [-0.25, -0.2) is 0 Å². The molecule has 2 N–H and O–H groups in total. The monoisotopic (exact) mass is 210 g/mol. The van der Waals surface area contributed by atoms with E-state index in [0.717, 1.165) is 6.04 Å². The van der Waals surface area contributed by atoms with Crippen molar-refractivity contribution in [2.45, 2.75) is 71.0 Å². The molecule has 2 rings (SSSR count). The highest BCUT2D eigenvalue weighted by molar-refractivity contribution is 4.97. The fraction of sp³-hybridized carbons (Fsp3) is 1.00. The number of likely N-dealkylation sites (N-methyl/N-ethyl adjacent to an activating group) is 1. The normalized spacial score (nSPS) is 35.8. The van der Waals surface area contributed by atoms with Crippen molar-refractivity contribution in [1.29, 1.82) is 0 Å². The predicted octanol–water partition coefficient (Wildman–Crippen LogP) is 2.38. The average Bonchev–Trinajstić information content (AvgIpc) is 2.96. The third-order valence-corrected chi connectivity index (χ3v) is 4.22. The van der Waals surface area contributed by atoms with Gasteiger partial charge in [0, 0.05) is 18.1 Å². The first-order valence-electron chi connectivity index (χ1n) is 6.55. The van der Waals surface area contributed by atoms with Gasteiger partial charge in [-0.1, -0.05) is 20.8 Å². The second-order valence-electron chi connectivity index (χ2n) is 6.20. The quantitative estimate of drug-likeness (QED) is 0.775. The fourth-order valence-electron chi connectivity index (χ4n) is 3.10. The lowest BCUT2D eigenvalue weighted by Crippen LogP contribution is -2.53. The maximum absolute atomic E-state index is 6.30. The highest BCUT2D eigenvalue weighted by Gasteiger charge is 2.40. The van der Waals surface area contributed by atoms with Gasteiger partial charge in [-0.05, 0) is 44.1 Å². The van der Waals surface area contributed by atoms with E-state index in [9.17, 15) is 0 Å². The van der Waals surface area contributed by atoms with Crippen LogP contribution >= 0.6 is 0 Å². The van der Waals surface area contributed by atoms with Crippen LogP contribution in [-0.4, -0.2) is 29.6 Å². The molecule has 0 bridgehead atoms. The molecule has 2 aliphatic carbocycles. The minimum atomic E-state index is 0.415. The van der Waals surface area contributed by atoms with E-state index in [-0.39, 0.29) is 0 Å². The van der Waals surface area contributed by atoms with Gasteiger partial charge in [0.25, 0.3) is 0 Å². The van der Waals surface area contributed by atoms with E-state index in [0.29, 0.717) is 17.5 Å². The predicted molar refractivity (Wildman–Crippen MR) is 64.8 cm³/mol. The number of nitrogens with two attached hydrogens (primary N) is 1. The Balaban J connectivity index is 2.03. The van der Waals surface area contributed by atoms with Gasteiger partial charge < -0.3 is 5.73 Å². The molecule has 2 saturated carbocycles. The third-order valence-electron chi connectivity index (χ3n) is 4.22. The topological polar surface area (TPSA) is 29.3 Å². The Morgan fingerprint density at radius 2 is 1.93 bits per heavy atom. The summed E-state index contributed by atoms with van der Waals surface area (Å²) in [5.74, 6) is 0. The maximum Gasteiger partial charge on any atom is 0.0255 e. The molecular weight excluding hydrogens is 184 g/mol. The lowest BCUT2D eigenvalue weighted by molar-refractivity contribution is 0.0759. The van der Waals surface area contributed by atoms with Gasteiger partial charge >= 0.3 is 0 Å². The van der Waals surface area contributed by atoms with Crippen LogP contribution in [0, 0.1) is 5.41 Å². The molecule has 0 aromatic carbocycles. The van der Waals surface area contributed by atoms with Crippen molar-refractivity contribution in [3.63, 3.8) is 0 Å². The van der Waals surface area contributed by atoms with Crippen LogP contribution in [0.4, 0.5) is 0 Å². The Morgan fingerprint density at radius 3 is 2.47 bits per heavy atom. The van der Waals surface area contributed by atoms with E-state index in [1.54, 1.807) is 0 Å². The van der Waals surface area contributed by atoms with Crippen molar-refractivity contribution in [1.82, 2.24) is 4.90 Å². The first-order chi connectivity index (χ1) is 7.03. The van der Waals surface area contributed by atoms with Crippen molar-refractivity contribution >= 4 is 0 Å². The Labute approximate surface area is 94.2 Å². The molecule has 0 spiro atoms. The molecule has 0 saturated heterocycles. The van der Waals surface area contributed by atoms with Gasteiger partial charge in [0.15, 0.2) is 0 Å². The summed E-state index contributed by atoms with van der Waals surface area (Å²) in [5.41, 5.74) is 6.80. The Kier molecular flexibility index (Phi) is 3.09. The lowest BCUT2D eigenvalue weighted by Gasteiger charge is -2.44. The summed E-state index contributed by atoms with van der Waals surface area (Å²) >= 11 is 0. The van der Waals surface area contributed by atoms with E-state index in [2.05, 4.69) is 25.7 Å². The molecule has 88 valence electrons. The standard InChI is InChI=1S/C13H26N2/c1-4-15(10-5-6-10)12-9-13(2,3)8-7-11(12)14/h10-12H,4-9,14H2,1-3H3. The first kappa shape index (κ1) is 11.4. The van der Waals surface area contributed by atoms with Crippen LogP contribution in [0.2, 0.25) is 0 Å². The molecule has 2 nitrogen and oxygen atoms in total. The summed E-state index contributed by atoms with van der Waals surface area (Å²) in [4.78, 5) is 2.67. The summed E-state index contributed by atoms with van der Waals surface area (Å²) in [7, 11) is 0. The number of hydrogen-bond acceptors (Lipinski definition) is 2. The number of rotatable bonds is 3. The molecule has 2 aliphatic rings. The maximum atomic E-state index is 6.30. The molecule has 0 heterocycles. The van der Waals surface area contributed by atoms with Crippen LogP contribution in [0.5, 0.6) is 0 Å². The number of hydrogen-bond donors (Lipinski definition) is 1. The summed E-state index contributed by atoms with van der Waals surface area (Å²) < 4.78 is 0. The van der Waals surface area contributed by atoms with Crippen LogP contribution in [-0.2, 0) is 0 Å². The minimum absolute atomic E-state index is 0.415. The minimum Gasteiger partial charge on any atom is -0.326 e. The zero-order valence-electron chi connectivity index (χ0n) is 10.5. The van der Waals surface area contributed by atoms with Gasteiger partial charge in [-0.2, -0.15) is 0 Å². The molecule has 0 aromatic heterocycles. The molecular formula is C13H26N2. The van der Waals surface area contributed by atoms with Crippen LogP contribution < -0.4 is 5.73 Å². The molecule has 2 heteroatoms. The summed E-state index contributed by atoms with van der Waals surface area (Å²) in [6, 6.07) is 1.92. The van der Waals surface area contributed by atoms with Gasteiger partial charge in [0.1, 0.15) is 0 Å². The zero-order chi connectivity index (χ0) is 11.1. The summed E-state index contributed by atoms with van der Waals surface area (Å²) in [6.07, 6.45) is 6.60. The third kappa shape index (κ3) is 2.54. The molecule has 0 aliphatic heterocycles. The molecule has 0 amide bonds. The van der Waals surface area contributed by atoms with Gasteiger partial charge in [-0.3, -0.25) is 4.90 Å². The van der Waals surface area contributed by atoms with E-state index < -0.39 is 0 Å². The second-order valence-corrected chi connectivity index (χ2v) is 6.20. The molecule has 15 heavy (non-hydrogen) atoms. The highest BCUT2D eigenvalue weighted by Crippen LogP contribution is 2.40. The Hall–Kier alpha value is -0.0800. The lowest BCUT2D eigenvalue weighted by atomic mass is 9.72.